The highest BCUT2D eigenvalue weighted by molar-refractivity contribution is 5.79. The smallest absolute Gasteiger partial charge is 0.320 e. The molecule has 0 bridgehead atoms. The van der Waals surface area contributed by atoms with Gasteiger partial charge in [-0.15, -0.1) is 0 Å². The van der Waals surface area contributed by atoms with E-state index in [4.69, 9.17) is 9.84 Å². The maximum atomic E-state index is 11.5. The molecule has 6 heteroatoms. The molecule has 0 fully saturated rings. The Morgan fingerprint density at radius 2 is 2.16 bits per heavy atom. The summed E-state index contributed by atoms with van der Waals surface area (Å²) in [6.45, 7) is 1.83. The van der Waals surface area contributed by atoms with Crippen LogP contribution >= 0.6 is 0 Å². The fraction of sp³-hybridized carbons (Fsp3) is 0.385. The maximum absolute atomic E-state index is 11.5. The number of amides is 1. The highest BCUT2D eigenvalue weighted by Gasteiger charge is 2.11. The van der Waals surface area contributed by atoms with E-state index >= 15 is 0 Å². The molecule has 0 saturated carbocycles. The second-order valence-electron chi connectivity index (χ2n) is 4.07. The molecular formula is C13H18N2O4. The lowest BCUT2D eigenvalue weighted by molar-refractivity contribution is -0.139. The van der Waals surface area contributed by atoms with Gasteiger partial charge >= 0.3 is 5.97 Å². The number of carboxylic acid groups (broad SMARTS) is 1. The molecule has 1 amide bonds. The zero-order valence-electron chi connectivity index (χ0n) is 11.0. The van der Waals surface area contributed by atoms with E-state index in [-0.39, 0.29) is 12.5 Å². The Labute approximate surface area is 111 Å². The summed E-state index contributed by atoms with van der Waals surface area (Å²) >= 11 is 0. The van der Waals surface area contributed by atoms with Crippen molar-refractivity contribution in [3.8, 4) is 5.75 Å². The number of ether oxygens (including phenoxy) is 1. The van der Waals surface area contributed by atoms with Crippen LogP contribution in [0.1, 0.15) is 12.5 Å². The van der Waals surface area contributed by atoms with Crippen LogP contribution in [0.25, 0.3) is 0 Å². The Morgan fingerprint density at radius 3 is 2.79 bits per heavy atom. The summed E-state index contributed by atoms with van der Waals surface area (Å²) < 4.78 is 5.08. The van der Waals surface area contributed by atoms with Gasteiger partial charge in [0.1, 0.15) is 11.8 Å². The monoisotopic (exact) mass is 266 g/mol. The molecule has 0 aromatic heterocycles. The van der Waals surface area contributed by atoms with E-state index in [0.717, 1.165) is 11.3 Å². The lowest BCUT2D eigenvalue weighted by atomic mass is 10.2. The van der Waals surface area contributed by atoms with Crippen molar-refractivity contribution in [1.82, 2.24) is 10.6 Å². The molecule has 0 aliphatic rings. The number of methoxy groups -OCH3 is 1. The van der Waals surface area contributed by atoms with Crippen LogP contribution in [0.5, 0.6) is 5.75 Å². The van der Waals surface area contributed by atoms with Crippen LogP contribution < -0.4 is 15.4 Å². The first kappa shape index (κ1) is 15.0. The van der Waals surface area contributed by atoms with Crippen molar-refractivity contribution < 1.29 is 19.4 Å². The van der Waals surface area contributed by atoms with Gasteiger partial charge in [0.25, 0.3) is 0 Å². The number of hydrogen-bond donors (Lipinski definition) is 3. The molecule has 0 saturated heterocycles. The number of rotatable bonds is 7. The van der Waals surface area contributed by atoms with Crippen molar-refractivity contribution in [1.29, 1.82) is 0 Å². The summed E-state index contributed by atoms with van der Waals surface area (Å²) in [5, 5.41) is 14.0. The van der Waals surface area contributed by atoms with E-state index in [1.807, 2.05) is 24.3 Å². The third kappa shape index (κ3) is 5.39. The average molecular weight is 266 g/mol. The minimum absolute atomic E-state index is 0.0303. The summed E-state index contributed by atoms with van der Waals surface area (Å²) in [6.07, 6.45) is 0. The highest BCUT2D eigenvalue weighted by atomic mass is 16.5. The Morgan fingerprint density at radius 1 is 1.42 bits per heavy atom. The van der Waals surface area contributed by atoms with Crippen molar-refractivity contribution in [3.63, 3.8) is 0 Å². The summed E-state index contributed by atoms with van der Waals surface area (Å²) in [6, 6.07) is 6.61. The molecule has 19 heavy (non-hydrogen) atoms. The number of carbonyl (C=O) groups excluding carboxylic acids is 1. The van der Waals surface area contributed by atoms with Gasteiger partial charge in [0.15, 0.2) is 0 Å². The summed E-state index contributed by atoms with van der Waals surface area (Å²) in [4.78, 5) is 22.1. The first-order chi connectivity index (χ1) is 9.02. The van der Waals surface area contributed by atoms with Crippen molar-refractivity contribution >= 4 is 11.9 Å². The van der Waals surface area contributed by atoms with E-state index in [0.29, 0.717) is 6.54 Å². The SMILES string of the molecule is COc1cccc(CNC(=O)CNC(C)C(=O)O)c1. The molecule has 1 atom stereocenters. The summed E-state index contributed by atoms with van der Waals surface area (Å²) in [7, 11) is 1.58. The zero-order chi connectivity index (χ0) is 14.3. The number of nitrogens with one attached hydrogen (secondary N) is 2. The number of carbonyl (C=O) groups is 2. The molecule has 1 unspecified atom stereocenters. The maximum Gasteiger partial charge on any atom is 0.320 e. The Hall–Kier alpha value is -2.08. The van der Waals surface area contributed by atoms with Gasteiger partial charge in [-0.05, 0) is 24.6 Å². The minimum Gasteiger partial charge on any atom is -0.497 e. The summed E-state index contributed by atoms with van der Waals surface area (Å²) in [5.41, 5.74) is 0.916. The molecule has 0 radical (unpaired) electrons. The van der Waals surface area contributed by atoms with E-state index in [1.165, 1.54) is 6.92 Å². The summed E-state index contributed by atoms with van der Waals surface area (Å²) in [5.74, 6) is -0.513. The first-order valence-electron chi connectivity index (χ1n) is 5.88. The molecule has 1 aromatic carbocycles. The fourth-order valence-corrected chi connectivity index (χ4v) is 1.38. The zero-order valence-corrected chi connectivity index (χ0v) is 11.0. The van der Waals surface area contributed by atoms with Crippen molar-refractivity contribution in [2.24, 2.45) is 0 Å². The van der Waals surface area contributed by atoms with Crippen LogP contribution in [0.15, 0.2) is 24.3 Å². The van der Waals surface area contributed by atoms with Crippen LogP contribution in [-0.2, 0) is 16.1 Å². The van der Waals surface area contributed by atoms with Crippen LogP contribution in [0.2, 0.25) is 0 Å². The number of benzene rings is 1. The largest absolute Gasteiger partial charge is 0.497 e. The van der Waals surface area contributed by atoms with Crippen LogP contribution in [0.3, 0.4) is 0 Å². The molecule has 0 spiro atoms. The Bertz CT molecular complexity index is 448. The van der Waals surface area contributed by atoms with Crippen LogP contribution in [-0.4, -0.2) is 36.7 Å². The molecule has 0 heterocycles. The van der Waals surface area contributed by atoms with Crippen LogP contribution in [0.4, 0.5) is 0 Å². The van der Waals surface area contributed by atoms with Gasteiger partial charge in [0, 0.05) is 6.54 Å². The third-order valence-corrected chi connectivity index (χ3v) is 2.56. The van der Waals surface area contributed by atoms with Gasteiger partial charge in [-0.2, -0.15) is 0 Å². The third-order valence-electron chi connectivity index (χ3n) is 2.56. The molecule has 0 aliphatic heterocycles. The predicted molar refractivity (Wildman–Crippen MR) is 69.9 cm³/mol. The topological polar surface area (TPSA) is 87.7 Å². The first-order valence-corrected chi connectivity index (χ1v) is 5.88. The molecular weight excluding hydrogens is 248 g/mol. The van der Waals surface area contributed by atoms with E-state index in [2.05, 4.69) is 10.6 Å². The number of aliphatic carboxylic acids is 1. The van der Waals surface area contributed by atoms with Crippen molar-refractivity contribution in [3.05, 3.63) is 29.8 Å². The van der Waals surface area contributed by atoms with Gasteiger partial charge in [-0.1, -0.05) is 12.1 Å². The second kappa shape index (κ2) is 7.38. The second-order valence-corrected chi connectivity index (χ2v) is 4.07. The van der Waals surface area contributed by atoms with Gasteiger partial charge in [-0.3, -0.25) is 14.9 Å². The number of carboxylic acids is 1. The molecule has 0 aliphatic carbocycles. The van der Waals surface area contributed by atoms with Crippen LogP contribution in [0, 0.1) is 0 Å². The molecule has 6 nitrogen and oxygen atoms in total. The van der Waals surface area contributed by atoms with Gasteiger partial charge in [0.2, 0.25) is 5.91 Å². The quantitative estimate of drug-likeness (QED) is 0.664. The molecule has 104 valence electrons. The van der Waals surface area contributed by atoms with Gasteiger partial charge in [0.05, 0.1) is 13.7 Å². The van der Waals surface area contributed by atoms with E-state index in [1.54, 1.807) is 7.11 Å². The van der Waals surface area contributed by atoms with Crippen molar-refractivity contribution in [2.75, 3.05) is 13.7 Å². The molecule has 1 rings (SSSR count). The molecule has 3 N–H and O–H groups in total. The van der Waals surface area contributed by atoms with Gasteiger partial charge in [-0.25, -0.2) is 0 Å². The lowest BCUT2D eigenvalue weighted by Crippen LogP contribution is -2.41. The normalized spacial score (nSPS) is 11.7. The average Bonchev–Trinajstić information content (AvgIpc) is 2.42. The highest BCUT2D eigenvalue weighted by Crippen LogP contribution is 2.11. The standard InChI is InChI=1S/C13H18N2O4/c1-9(13(17)18)14-8-12(16)15-7-10-4-3-5-11(6-10)19-2/h3-6,9,14H,7-8H2,1-2H3,(H,15,16)(H,17,18). The van der Waals surface area contributed by atoms with E-state index in [9.17, 15) is 9.59 Å². The Balaban J connectivity index is 2.35. The van der Waals surface area contributed by atoms with Gasteiger partial charge < -0.3 is 15.2 Å². The van der Waals surface area contributed by atoms with Crippen molar-refractivity contribution in [2.45, 2.75) is 19.5 Å². The fourth-order valence-electron chi connectivity index (χ4n) is 1.38. The van der Waals surface area contributed by atoms with E-state index < -0.39 is 12.0 Å². The predicted octanol–water partition coefficient (Wildman–Crippen LogP) is 0.374. The number of hydrogen-bond acceptors (Lipinski definition) is 4. The Kier molecular flexibility index (Phi) is 5.81. The minimum atomic E-state index is -0.986. The lowest BCUT2D eigenvalue weighted by Gasteiger charge is -2.10. The molecule has 1 aromatic rings.